The van der Waals surface area contributed by atoms with Gasteiger partial charge in [0.15, 0.2) is 5.60 Å². The third-order valence-electron chi connectivity index (χ3n) is 1.38. The molecule has 0 atom stereocenters. The number of aliphatic hydroxyl groups is 1. The fraction of sp³-hybridized carbons (Fsp3) is 0.600. The smallest absolute Gasteiger partial charge is 0.336 e. The summed E-state index contributed by atoms with van der Waals surface area (Å²) in [5, 5.41) is 17.0. The van der Waals surface area contributed by atoms with Crippen molar-refractivity contribution in [3.8, 4) is 0 Å². The lowest BCUT2D eigenvalue weighted by Crippen LogP contribution is -2.50. The zero-order chi connectivity index (χ0) is 7.07. The molecule has 0 aliphatic heterocycles. The molecule has 2 N–H and O–H groups in total. The molecule has 0 spiro atoms. The monoisotopic (exact) mass is 130 g/mol. The van der Waals surface area contributed by atoms with Crippen molar-refractivity contribution in [3.63, 3.8) is 0 Å². The molecule has 1 rings (SSSR count). The summed E-state index contributed by atoms with van der Waals surface area (Å²) in [5.74, 6) is -1.50. The second kappa shape index (κ2) is 1.54. The molecule has 50 valence electrons. The van der Waals surface area contributed by atoms with Gasteiger partial charge in [-0.25, -0.2) is 4.79 Å². The number of Topliss-reactive ketones (excluding diaryl/α,β-unsaturated/α-hetero) is 1. The van der Waals surface area contributed by atoms with Crippen molar-refractivity contribution in [1.29, 1.82) is 0 Å². The van der Waals surface area contributed by atoms with Crippen molar-refractivity contribution >= 4 is 11.8 Å². The molecule has 9 heavy (non-hydrogen) atoms. The molecular weight excluding hydrogens is 124 g/mol. The quantitative estimate of drug-likeness (QED) is 0.485. The average Bonchev–Trinajstić information content (AvgIpc) is 1.62. The van der Waals surface area contributed by atoms with Crippen LogP contribution in [0.5, 0.6) is 0 Å². The van der Waals surface area contributed by atoms with Crippen LogP contribution in [0.25, 0.3) is 0 Å². The van der Waals surface area contributed by atoms with Crippen LogP contribution < -0.4 is 0 Å². The molecule has 4 heteroatoms. The lowest BCUT2D eigenvalue weighted by Gasteiger charge is -2.29. The van der Waals surface area contributed by atoms with E-state index in [0.717, 1.165) is 0 Å². The molecule has 0 aromatic carbocycles. The topological polar surface area (TPSA) is 74.6 Å². The van der Waals surface area contributed by atoms with E-state index in [1.54, 1.807) is 0 Å². The first-order chi connectivity index (χ1) is 4.04. The third-order valence-corrected chi connectivity index (χ3v) is 1.38. The minimum Gasteiger partial charge on any atom is -0.479 e. The Morgan fingerprint density at radius 3 is 2.11 bits per heavy atom. The highest BCUT2D eigenvalue weighted by atomic mass is 16.4. The molecule has 0 heterocycles. The molecule has 0 unspecified atom stereocenters. The highest BCUT2D eigenvalue weighted by Crippen LogP contribution is 2.27. The average molecular weight is 130 g/mol. The molecule has 0 aromatic rings. The molecule has 0 amide bonds. The molecule has 0 saturated heterocycles. The van der Waals surface area contributed by atoms with E-state index < -0.39 is 11.6 Å². The second-order valence-electron chi connectivity index (χ2n) is 2.23. The van der Waals surface area contributed by atoms with Crippen molar-refractivity contribution in [2.45, 2.75) is 18.4 Å². The standard InChI is InChI=1S/C5H6O4/c6-3-1-5(9,2-3)4(7)8/h9H,1-2H2,(H,7,8). The van der Waals surface area contributed by atoms with Crippen molar-refractivity contribution in [2.24, 2.45) is 0 Å². The van der Waals surface area contributed by atoms with Gasteiger partial charge in [-0.05, 0) is 0 Å². The fourth-order valence-electron chi connectivity index (χ4n) is 0.752. The van der Waals surface area contributed by atoms with Crippen LogP contribution in [0.2, 0.25) is 0 Å². The molecule has 0 radical (unpaired) electrons. The van der Waals surface area contributed by atoms with E-state index in [-0.39, 0.29) is 18.6 Å². The van der Waals surface area contributed by atoms with E-state index in [4.69, 9.17) is 10.2 Å². The maximum atomic E-state index is 10.2. The first-order valence-electron chi connectivity index (χ1n) is 2.52. The van der Waals surface area contributed by atoms with Gasteiger partial charge in [0.25, 0.3) is 0 Å². The normalized spacial score (nSPS) is 23.0. The van der Waals surface area contributed by atoms with Crippen molar-refractivity contribution in [3.05, 3.63) is 0 Å². The first-order valence-corrected chi connectivity index (χ1v) is 2.52. The Morgan fingerprint density at radius 1 is 1.56 bits per heavy atom. The number of aliphatic carboxylic acids is 1. The van der Waals surface area contributed by atoms with Gasteiger partial charge in [0.1, 0.15) is 5.78 Å². The lowest BCUT2D eigenvalue weighted by atomic mass is 9.79. The number of rotatable bonds is 1. The van der Waals surface area contributed by atoms with E-state index in [0.29, 0.717) is 0 Å². The molecule has 0 aromatic heterocycles. The van der Waals surface area contributed by atoms with Gasteiger partial charge in [-0.1, -0.05) is 0 Å². The number of carbonyl (C=O) groups is 2. The van der Waals surface area contributed by atoms with Gasteiger partial charge in [0.05, 0.1) is 0 Å². The fourth-order valence-corrected chi connectivity index (χ4v) is 0.752. The first kappa shape index (κ1) is 6.22. The summed E-state index contributed by atoms with van der Waals surface area (Å²) in [6, 6.07) is 0. The van der Waals surface area contributed by atoms with Crippen LogP contribution in [-0.4, -0.2) is 27.6 Å². The van der Waals surface area contributed by atoms with Gasteiger partial charge in [-0.3, -0.25) is 4.79 Å². The minimum absolute atomic E-state index is 0.195. The Hall–Kier alpha value is -0.900. The Kier molecular flexibility index (Phi) is 1.06. The molecule has 0 bridgehead atoms. The van der Waals surface area contributed by atoms with E-state index in [1.807, 2.05) is 0 Å². The molecule has 1 aliphatic carbocycles. The van der Waals surface area contributed by atoms with E-state index in [9.17, 15) is 9.59 Å². The van der Waals surface area contributed by atoms with Crippen molar-refractivity contribution in [2.75, 3.05) is 0 Å². The van der Waals surface area contributed by atoms with Gasteiger partial charge >= 0.3 is 5.97 Å². The molecule has 1 fully saturated rings. The van der Waals surface area contributed by atoms with E-state index >= 15 is 0 Å². The number of ketones is 1. The van der Waals surface area contributed by atoms with Crippen LogP contribution in [0.4, 0.5) is 0 Å². The summed E-state index contributed by atoms with van der Waals surface area (Å²) in [4.78, 5) is 20.2. The van der Waals surface area contributed by atoms with E-state index in [2.05, 4.69) is 0 Å². The Morgan fingerprint density at radius 2 is 2.00 bits per heavy atom. The number of carbonyl (C=O) groups excluding carboxylic acids is 1. The van der Waals surface area contributed by atoms with Crippen LogP contribution in [0, 0.1) is 0 Å². The maximum Gasteiger partial charge on any atom is 0.336 e. The van der Waals surface area contributed by atoms with Crippen molar-refractivity contribution < 1.29 is 19.8 Å². The number of carboxylic acids is 1. The Balaban J connectivity index is 2.60. The number of hydrogen-bond acceptors (Lipinski definition) is 3. The van der Waals surface area contributed by atoms with Crippen LogP contribution >= 0.6 is 0 Å². The summed E-state index contributed by atoms with van der Waals surface area (Å²) >= 11 is 0. The highest BCUT2D eigenvalue weighted by molar-refractivity contribution is 5.98. The molecule has 1 saturated carbocycles. The number of carboxylic acid groups (broad SMARTS) is 1. The summed E-state index contributed by atoms with van der Waals surface area (Å²) in [5.41, 5.74) is -1.74. The van der Waals surface area contributed by atoms with E-state index in [1.165, 1.54) is 0 Å². The van der Waals surface area contributed by atoms with Crippen LogP contribution in [0.1, 0.15) is 12.8 Å². The van der Waals surface area contributed by atoms with Gasteiger partial charge in [0.2, 0.25) is 0 Å². The highest BCUT2D eigenvalue weighted by Gasteiger charge is 2.48. The SMILES string of the molecule is O=C1CC(O)(C(=O)O)C1. The van der Waals surface area contributed by atoms with Crippen LogP contribution in [-0.2, 0) is 9.59 Å². The van der Waals surface area contributed by atoms with Crippen LogP contribution in [0.15, 0.2) is 0 Å². The zero-order valence-corrected chi connectivity index (χ0v) is 4.63. The summed E-state index contributed by atoms with van der Waals surface area (Å²) in [7, 11) is 0. The van der Waals surface area contributed by atoms with Gasteiger partial charge in [-0.2, -0.15) is 0 Å². The largest absolute Gasteiger partial charge is 0.479 e. The van der Waals surface area contributed by atoms with Gasteiger partial charge in [0, 0.05) is 12.8 Å². The molecule has 1 aliphatic rings. The predicted octanol–water partition coefficient (Wildman–Crippen LogP) is -0.835. The molecule has 4 nitrogen and oxygen atoms in total. The minimum atomic E-state index is -1.74. The lowest BCUT2D eigenvalue weighted by molar-refractivity contribution is -0.172. The summed E-state index contributed by atoms with van der Waals surface area (Å²) in [6.45, 7) is 0. The van der Waals surface area contributed by atoms with Crippen LogP contribution in [0.3, 0.4) is 0 Å². The second-order valence-corrected chi connectivity index (χ2v) is 2.23. The Labute approximate surface area is 51.1 Å². The summed E-state index contributed by atoms with van der Waals surface area (Å²) in [6.07, 6.45) is -0.468. The molecular formula is C5H6O4. The Bertz CT molecular complexity index is 164. The zero-order valence-electron chi connectivity index (χ0n) is 4.63. The number of hydrogen-bond donors (Lipinski definition) is 2. The third kappa shape index (κ3) is 0.810. The van der Waals surface area contributed by atoms with Gasteiger partial charge in [-0.15, -0.1) is 0 Å². The van der Waals surface area contributed by atoms with Gasteiger partial charge < -0.3 is 10.2 Å². The summed E-state index contributed by atoms with van der Waals surface area (Å²) < 4.78 is 0. The maximum absolute atomic E-state index is 10.2. The predicted molar refractivity (Wildman–Crippen MR) is 26.8 cm³/mol. The van der Waals surface area contributed by atoms with Crippen molar-refractivity contribution in [1.82, 2.24) is 0 Å².